The summed E-state index contributed by atoms with van der Waals surface area (Å²) >= 11 is 0. The Balaban J connectivity index is 2.51. The van der Waals surface area contributed by atoms with Gasteiger partial charge in [-0.2, -0.15) is 0 Å². The number of sulfone groups is 1. The first-order valence-electron chi connectivity index (χ1n) is 8.18. The number of carbonyl (C=O) groups is 2. The highest BCUT2D eigenvalue weighted by molar-refractivity contribution is 7.92. The molecule has 2 unspecified atom stereocenters. The van der Waals surface area contributed by atoms with Gasteiger partial charge >= 0.3 is 0 Å². The largest absolute Gasteiger partial charge is 0.368 e. The Morgan fingerprint density at radius 1 is 0.923 bits per heavy atom. The van der Waals surface area contributed by atoms with Gasteiger partial charge in [-0.25, -0.2) is 8.42 Å². The highest BCUT2D eigenvalue weighted by Crippen LogP contribution is 2.19. The molecule has 0 aliphatic rings. The van der Waals surface area contributed by atoms with E-state index in [2.05, 4.69) is 5.32 Å². The van der Waals surface area contributed by atoms with E-state index in [1.54, 1.807) is 50.2 Å². The Kier molecular flexibility index (Phi) is 6.28. The number of Topliss-reactive ketones (excluding diaryl/α,β-unsaturated/α-hetero) is 1. The molecule has 0 saturated heterocycles. The molecule has 2 atom stereocenters. The van der Waals surface area contributed by atoms with Crippen molar-refractivity contribution in [2.45, 2.75) is 30.2 Å². The van der Waals surface area contributed by atoms with Crippen molar-refractivity contribution < 1.29 is 18.0 Å². The fourth-order valence-corrected chi connectivity index (χ4v) is 4.12. The minimum absolute atomic E-state index is 0.00578. The summed E-state index contributed by atoms with van der Waals surface area (Å²) in [6.07, 6.45) is 0. The maximum absolute atomic E-state index is 13.1. The lowest BCUT2D eigenvalue weighted by molar-refractivity contribution is -0.120. The molecular weight excluding hydrogens is 352 g/mol. The van der Waals surface area contributed by atoms with Crippen LogP contribution in [0.15, 0.2) is 65.6 Å². The summed E-state index contributed by atoms with van der Waals surface area (Å²) in [5.74, 6) is -1.64. The van der Waals surface area contributed by atoms with E-state index in [-0.39, 0.29) is 16.4 Å². The normalized spacial score (nSPS) is 14.0. The maximum Gasteiger partial charge on any atom is 0.234 e. The summed E-state index contributed by atoms with van der Waals surface area (Å²) in [6, 6.07) is 14.8. The zero-order valence-electron chi connectivity index (χ0n) is 14.6. The summed E-state index contributed by atoms with van der Waals surface area (Å²) in [5, 5.41) is 1.06. The predicted molar refractivity (Wildman–Crippen MR) is 99.1 cm³/mol. The highest BCUT2D eigenvalue weighted by atomic mass is 32.2. The minimum atomic E-state index is -4.08. The molecule has 0 spiro atoms. The van der Waals surface area contributed by atoms with Gasteiger partial charge in [0.1, 0.15) is 0 Å². The summed E-state index contributed by atoms with van der Waals surface area (Å²) < 4.78 is 26.2. The number of nitrogens with two attached hydrogens (primary N) is 1. The number of amides is 1. The molecule has 7 heteroatoms. The van der Waals surface area contributed by atoms with Gasteiger partial charge in [0.2, 0.25) is 15.7 Å². The molecule has 1 amide bonds. The van der Waals surface area contributed by atoms with Gasteiger partial charge in [-0.15, -0.1) is 0 Å². The number of rotatable bonds is 8. The van der Waals surface area contributed by atoms with Gasteiger partial charge in [0.15, 0.2) is 11.2 Å². The molecule has 3 N–H and O–H groups in total. The lowest BCUT2D eigenvalue weighted by Gasteiger charge is -2.25. The van der Waals surface area contributed by atoms with Crippen molar-refractivity contribution in [2.75, 3.05) is 0 Å². The van der Waals surface area contributed by atoms with E-state index in [9.17, 15) is 18.0 Å². The van der Waals surface area contributed by atoms with E-state index in [1.165, 1.54) is 24.3 Å². The predicted octanol–water partition coefficient (Wildman–Crippen LogP) is 1.77. The van der Waals surface area contributed by atoms with Crippen molar-refractivity contribution in [3.05, 3.63) is 66.2 Å². The first kappa shape index (κ1) is 19.8. The molecule has 0 aromatic heterocycles. The van der Waals surface area contributed by atoms with Gasteiger partial charge in [-0.1, -0.05) is 62.4 Å². The first-order chi connectivity index (χ1) is 12.2. The molecule has 6 nitrogen and oxygen atoms in total. The topological polar surface area (TPSA) is 106 Å². The second-order valence-corrected chi connectivity index (χ2v) is 8.29. The zero-order chi connectivity index (χ0) is 19.3. The van der Waals surface area contributed by atoms with Crippen molar-refractivity contribution >= 4 is 21.5 Å². The fourth-order valence-electron chi connectivity index (χ4n) is 2.57. The Bertz CT molecular complexity index is 865. The standard InChI is InChI=1S/C19H22N2O4S/c1-13(2)16(18(20)23)21-19(17(22)14-9-5-3-6-10-14)26(24,25)15-11-7-4-8-12-15/h3-13,16,19,21H,1-2H3,(H2,20,23). The van der Waals surface area contributed by atoms with E-state index >= 15 is 0 Å². The quantitative estimate of drug-likeness (QED) is 0.685. The van der Waals surface area contributed by atoms with Gasteiger partial charge in [0.05, 0.1) is 10.9 Å². The molecule has 0 bridgehead atoms. The van der Waals surface area contributed by atoms with Crippen LogP contribution >= 0.6 is 0 Å². The molecule has 0 radical (unpaired) electrons. The van der Waals surface area contributed by atoms with Crippen LogP contribution in [-0.2, 0) is 14.6 Å². The van der Waals surface area contributed by atoms with Gasteiger partial charge < -0.3 is 5.73 Å². The Labute approximate surface area is 153 Å². The van der Waals surface area contributed by atoms with Gasteiger partial charge in [-0.05, 0) is 18.1 Å². The monoisotopic (exact) mass is 374 g/mol. The minimum Gasteiger partial charge on any atom is -0.368 e. The number of nitrogens with one attached hydrogen (secondary N) is 1. The van der Waals surface area contributed by atoms with E-state index < -0.39 is 32.9 Å². The smallest absolute Gasteiger partial charge is 0.234 e. The average molecular weight is 374 g/mol. The Morgan fingerprint density at radius 3 is 1.88 bits per heavy atom. The van der Waals surface area contributed by atoms with Crippen LogP contribution in [0.3, 0.4) is 0 Å². The second kappa shape index (κ2) is 8.25. The van der Waals surface area contributed by atoms with Crippen LogP contribution in [0.5, 0.6) is 0 Å². The molecule has 0 fully saturated rings. The van der Waals surface area contributed by atoms with E-state index in [1.807, 2.05) is 0 Å². The molecule has 0 saturated carbocycles. The van der Waals surface area contributed by atoms with Crippen LogP contribution in [0.4, 0.5) is 0 Å². The van der Waals surface area contributed by atoms with E-state index in [0.717, 1.165) is 0 Å². The van der Waals surface area contributed by atoms with Gasteiger partial charge in [0.25, 0.3) is 0 Å². The zero-order valence-corrected chi connectivity index (χ0v) is 15.4. The molecule has 0 aliphatic carbocycles. The van der Waals surface area contributed by atoms with Gasteiger partial charge in [0, 0.05) is 5.56 Å². The molecule has 2 aromatic carbocycles. The SMILES string of the molecule is CC(C)C(NC(C(=O)c1ccccc1)S(=O)(=O)c1ccccc1)C(N)=O. The highest BCUT2D eigenvalue weighted by Gasteiger charge is 2.38. The molecule has 26 heavy (non-hydrogen) atoms. The number of hydrogen-bond donors (Lipinski definition) is 2. The number of primary amides is 1. The van der Waals surface area contributed by atoms with Crippen molar-refractivity contribution in [1.29, 1.82) is 0 Å². The lowest BCUT2D eigenvalue weighted by Crippen LogP contribution is -2.54. The van der Waals surface area contributed by atoms with Crippen LogP contribution in [0.2, 0.25) is 0 Å². The van der Waals surface area contributed by atoms with E-state index in [4.69, 9.17) is 5.73 Å². The molecule has 0 aliphatic heterocycles. The Morgan fingerprint density at radius 2 is 1.42 bits per heavy atom. The molecule has 0 heterocycles. The fraction of sp³-hybridized carbons (Fsp3) is 0.263. The van der Waals surface area contributed by atoms with Crippen LogP contribution in [0.1, 0.15) is 24.2 Å². The van der Waals surface area contributed by atoms with E-state index in [0.29, 0.717) is 0 Å². The second-order valence-electron chi connectivity index (χ2n) is 6.26. The number of benzene rings is 2. The average Bonchev–Trinajstić information content (AvgIpc) is 2.62. The summed E-state index contributed by atoms with van der Waals surface area (Å²) in [5.41, 5.74) is 5.63. The molecule has 2 aromatic rings. The third kappa shape index (κ3) is 4.36. The Hall–Kier alpha value is -2.51. The van der Waals surface area contributed by atoms with Crippen LogP contribution in [0, 0.1) is 5.92 Å². The van der Waals surface area contributed by atoms with Crippen molar-refractivity contribution in [3.63, 3.8) is 0 Å². The summed E-state index contributed by atoms with van der Waals surface area (Å²) in [6.45, 7) is 3.45. The van der Waals surface area contributed by atoms with Crippen LogP contribution in [-0.4, -0.2) is 31.5 Å². The molecule has 138 valence electrons. The van der Waals surface area contributed by atoms with Crippen molar-refractivity contribution in [3.8, 4) is 0 Å². The van der Waals surface area contributed by atoms with Crippen molar-refractivity contribution in [2.24, 2.45) is 11.7 Å². The van der Waals surface area contributed by atoms with Gasteiger partial charge in [-0.3, -0.25) is 14.9 Å². The maximum atomic E-state index is 13.1. The number of hydrogen-bond acceptors (Lipinski definition) is 5. The number of carbonyl (C=O) groups excluding carboxylic acids is 2. The third-order valence-corrected chi connectivity index (χ3v) is 5.88. The third-order valence-electron chi connectivity index (χ3n) is 3.98. The molecular formula is C19H22N2O4S. The van der Waals surface area contributed by atoms with Crippen molar-refractivity contribution in [1.82, 2.24) is 5.32 Å². The lowest BCUT2D eigenvalue weighted by atomic mass is 10.0. The summed E-state index contributed by atoms with van der Waals surface area (Å²) in [4.78, 5) is 24.7. The van der Waals surface area contributed by atoms with Crippen LogP contribution in [0.25, 0.3) is 0 Å². The summed E-state index contributed by atoms with van der Waals surface area (Å²) in [7, 11) is -4.08. The van der Waals surface area contributed by atoms with Crippen LogP contribution < -0.4 is 11.1 Å². The molecule has 2 rings (SSSR count). The number of ketones is 1. The first-order valence-corrected chi connectivity index (χ1v) is 9.73.